The Bertz CT molecular complexity index is 473. The molecule has 0 saturated heterocycles. The monoisotopic (exact) mass is 176 g/mol. The summed E-state index contributed by atoms with van der Waals surface area (Å²) in [6.07, 6.45) is 0. The first-order chi connectivity index (χ1) is 6.20. The Kier molecular flexibility index (Phi) is 1.55. The molecular weight excluding hydrogens is 168 g/mol. The normalized spacial score (nSPS) is 10.5. The van der Waals surface area contributed by atoms with Crippen molar-refractivity contribution in [2.75, 3.05) is 0 Å². The van der Waals surface area contributed by atoms with Gasteiger partial charge in [-0.25, -0.2) is 0 Å². The van der Waals surface area contributed by atoms with Crippen LogP contribution >= 0.6 is 0 Å². The first kappa shape index (κ1) is 7.79. The highest BCUT2D eigenvalue weighted by Gasteiger charge is 2.12. The number of ketones is 1. The summed E-state index contributed by atoms with van der Waals surface area (Å²) in [5.41, 5.74) is 0.853. The lowest BCUT2D eigenvalue weighted by Crippen LogP contribution is -1.96. The molecule has 66 valence electrons. The summed E-state index contributed by atoms with van der Waals surface area (Å²) in [5.74, 6) is -0.149. The number of Topliss-reactive ketones (excluding diaryl/α,β-unsaturated/α-hetero) is 1. The van der Waals surface area contributed by atoms with Gasteiger partial charge >= 0.3 is 0 Å². The molecule has 1 aromatic carbocycles. The van der Waals surface area contributed by atoms with Crippen LogP contribution in [0.3, 0.4) is 0 Å². The number of carbonyl (C=O) groups is 1. The van der Waals surface area contributed by atoms with Gasteiger partial charge in [0.25, 0.3) is 0 Å². The van der Waals surface area contributed by atoms with E-state index in [0.29, 0.717) is 16.6 Å². The summed E-state index contributed by atoms with van der Waals surface area (Å²) in [7, 11) is 0. The zero-order chi connectivity index (χ0) is 9.42. The summed E-state index contributed by atoms with van der Waals surface area (Å²) in [5, 5.41) is 13.7. The van der Waals surface area contributed by atoms with Crippen molar-refractivity contribution in [1.29, 1.82) is 0 Å². The maximum atomic E-state index is 11.1. The first-order valence-corrected chi connectivity index (χ1v) is 3.88. The summed E-state index contributed by atoms with van der Waals surface area (Å²) in [6.45, 7) is 1.43. The van der Waals surface area contributed by atoms with Crippen molar-refractivity contribution in [1.82, 2.24) is 9.94 Å². The number of para-hydroxylation sites is 1. The van der Waals surface area contributed by atoms with E-state index >= 15 is 0 Å². The van der Waals surface area contributed by atoms with Crippen molar-refractivity contribution in [2.45, 2.75) is 6.92 Å². The second kappa shape index (κ2) is 2.58. The van der Waals surface area contributed by atoms with Gasteiger partial charge in [0, 0.05) is 12.3 Å². The average Bonchev–Trinajstić information content (AvgIpc) is 2.45. The van der Waals surface area contributed by atoms with Crippen LogP contribution in [0.2, 0.25) is 0 Å². The molecule has 2 aromatic rings. The van der Waals surface area contributed by atoms with Crippen molar-refractivity contribution in [2.24, 2.45) is 0 Å². The van der Waals surface area contributed by atoms with E-state index in [1.807, 2.05) is 0 Å². The fourth-order valence-corrected chi connectivity index (χ4v) is 1.31. The molecule has 0 aliphatic carbocycles. The van der Waals surface area contributed by atoms with Crippen LogP contribution in [0.5, 0.6) is 0 Å². The number of rotatable bonds is 1. The van der Waals surface area contributed by atoms with Gasteiger partial charge in [0.2, 0.25) is 0 Å². The molecule has 1 aromatic heterocycles. The van der Waals surface area contributed by atoms with Gasteiger partial charge in [-0.15, -0.1) is 9.94 Å². The zero-order valence-electron chi connectivity index (χ0n) is 7.06. The fourth-order valence-electron chi connectivity index (χ4n) is 1.31. The van der Waals surface area contributed by atoms with Gasteiger partial charge in [-0.2, -0.15) is 0 Å². The summed E-state index contributed by atoms with van der Waals surface area (Å²) < 4.78 is 0. The van der Waals surface area contributed by atoms with Crippen LogP contribution in [0.1, 0.15) is 17.4 Å². The molecule has 13 heavy (non-hydrogen) atoms. The highest BCUT2D eigenvalue weighted by molar-refractivity contribution is 6.04. The number of hydrogen-bond donors (Lipinski definition) is 1. The van der Waals surface area contributed by atoms with Crippen LogP contribution in [0.4, 0.5) is 0 Å². The largest absolute Gasteiger partial charge is 0.411 e. The minimum absolute atomic E-state index is 0.149. The third-order valence-corrected chi connectivity index (χ3v) is 1.90. The van der Waals surface area contributed by atoms with Crippen LogP contribution in [-0.2, 0) is 0 Å². The lowest BCUT2D eigenvalue weighted by atomic mass is 10.2. The summed E-state index contributed by atoms with van der Waals surface area (Å²) in [4.78, 5) is 11.8. The molecule has 0 amide bonds. The quantitative estimate of drug-likeness (QED) is 0.528. The maximum Gasteiger partial charge on any atom is 0.180 e. The number of benzene rings is 1. The average molecular weight is 176 g/mol. The second-order valence-electron chi connectivity index (χ2n) is 2.81. The molecule has 0 saturated carbocycles. The molecule has 1 N–H and O–H groups in total. The van der Waals surface area contributed by atoms with E-state index < -0.39 is 0 Å². The van der Waals surface area contributed by atoms with Gasteiger partial charge in [-0.1, -0.05) is 18.2 Å². The van der Waals surface area contributed by atoms with Crippen LogP contribution < -0.4 is 0 Å². The van der Waals surface area contributed by atoms with Crippen molar-refractivity contribution < 1.29 is 10.0 Å². The van der Waals surface area contributed by atoms with Crippen LogP contribution in [0, 0.1) is 0 Å². The summed E-state index contributed by atoms with van der Waals surface area (Å²) in [6, 6.07) is 7.04. The minimum Gasteiger partial charge on any atom is -0.411 e. The predicted octanol–water partition coefficient (Wildman–Crippen LogP) is 1.48. The Balaban J connectivity index is 2.85. The first-order valence-electron chi connectivity index (χ1n) is 3.88. The molecule has 0 aliphatic heterocycles. The van der Waals surface area contributed by atoms with Gasteiger partial charge in [-0.05, 0) is 6.07 Å². The molecule has 1 heterocycles. The molecular formula is C9H8N2O2. The van der Waals surface area contributed by atoms with Gasteiger partial charge in [0.15, 0.2) is 5.78 Å². The topological polar surface area (TPSA) is 55.1 Å². The van der Waals surface area contributed by atoms with E-state index in [0.717, 1.165) is 4.85 Å². The molecule has 2 rings (SSSR count). The number of carbonyl (C=O) groups excluding carboxylic acids is 1. The summed E-state index contributed by atoms with van der Waals surface area (Å²) >= 11 is 0. The molecule has 0 radical (unpaired) electrons. The van der Waals surface area contributed by atoms with Gasteiger partial charge in [0.05, 0.1) is 0 Å². The third kappa shape index (κ3) is 1.07. The standard InChI is InChI=1S/C9H8N2O2/c1-6(12)9-7-4-2-3-5-8(7)11(13)10-9/h2-5,13H,1H3. The molecule has 0 atom stereocenters. The highest BCUT2D eigenvalue weighted by atomic mass is 16.5. The predicted molar refractivity (Wildman–Crippen MR) is 46.9 cm³/mol. The molecule has 4 nitrogen and oxygen atoms in total. The van der Waals surface area contributed by atoms with Gasteiger partial charge in [0.1, 0.15) is 11.2 Å². The van der Waals surface area contributed by atoms with Crippen LogP contribution in [0.15, 0.2) is 24.3 Å². The lowest BCUT2D eigenvalue weighted by Gasteiger charge is -1.89. The Hall–Kier alpha value is -1.84. The number of hydrogen-bond acceptors (Lipinski definition) is 3. The highest BCUT2D eigenvalue weighted by Crippen LogP contribution is 2.17. The Morgan fingerprint density at radius 2 is 2.15 bits per heavy atom. The second-order valence-corrected chi connectivity index (χ2v) is 2.81. The molecule has 0 fully saturated rings. The lowest BCUT2D eigenvalue weighted by molar-refractivity contribution is 0.0997. The van der Waals surface area contributed by atoms with E-state index in [2.05, 4.69) is 5.10 Å². The Labute approximate surface area is 74.4 Å². The molecule has 0 aliphatic rings. The van der Waals surface area contributed by atoms with E-state index in [9.17, 15) is 10.0 Å². The van der Waals surface area contributed by atoms with E-state index in [-0.39, 0.29) is 5.78 Å². The van der Waals surface area contributed by atoms with Gasteiger partial charge < -0.3 is 5.21 Å². The van der Waals surface area contributed by atoms with Crippen molar-refractivity contribution in [3.63, 3.8) is 0 Å². The van der Waals surface area contributed by atoms with Gasteiger partial charge in [-0.3, -0.25) is 4.79 Å². The molecule has 0 bridgehead atoms. The van der Waals surface area contributed by atoms with Crippen LogP contribution in [-0.4, -0.2) is 20.9 Å². The number of fused-ring (bicyclic) bond motifs is 1. The smallest absolute Gasteiger partial charge is 0.180 e. The van der Waals surface area contributed by atoms with Crippen molar-refractivity contribution in [3.8, 4) is 0 Å². The SMILES string of the molecule is CC(=O)c1nn(O)c2ccccc12. The van der Waals surface area contributed by atoms with E-state index in [4.69, 9.17) is 0 Å². The van der Waals surface area contributed by atoms with Crippen molar-refractivity contribution >= 4 is 16.7 Å². The Morgan fingerprint density at radius 3 is 2.85 bits per heavy atom. The fraction of sp³-hybridized carbons (Fsp3) is 0.111. The Morgan fingerprint density at radius 1 is 1.46 bits per heavy atom. The zero-order valence-corrected chi connectivity index (χ0v) is 7.06. The molecule has 4 heteroatoms. The molecule has 0 spiro atoms. The van der Waals surface area contributed by atoms with Crippen LogP contribution in [0.25, 0.3) is 10.9 Å². The van der Waals surface area contributed by atoms with E-state index in [1.54, 1.807) is 24.3 Å². The number of nitrogens with zero attached hydrogens (tertiary/aromatic N) is 2. The third-order valence-electron chi connectivity index (χ3n) is 1.90. The van der Waals surface area contributed by atoms with Crippen molar-refractivity contribution in [3.05, 3.63) is 30.0 Å². The maximum absolute atomic E-state index is 11.1. The van der Waals surface area contributed by atoms with E-state index in [1.165, 1.54) is 6.92 Å². The number of aromatic nitrogens is 2. The molecule has 0 unspecified atom stereocenters. The minimum atomic E-state index is -0.149.